The van der Waals surface area contributed by atoms with E-state index in [0.717, 1.165) is 12.8 Å². The average Bonchev–Trinajstić information content (AvgIpc) is 2.43. The minimum absolute atomic E-state index is 0.209. The number of nitrogens with one attached hydrogen (secondary N) is 1. The maximum atomic E-state index is 11.4. The van der Waals surface area contributed by atoms with E-state index in [9.17, 15) is 4.79 Å². The van der Waals surface area contributed by atoms with Crippen LogP contribution in [0.25, 0.3) is 0 Å². The van der Waals surface area contributed by atoms with Crippen molar-refractivity contribution in [2.45, 2.75) is 25.3 Å². The van der Waals surface area contributed by atoms with E-state index in [1.165, 1.54) is 12.7 Å². The molecule has 1 fully saturated rings. The van der Waals surface area contributed by atoms with Crippen molar-refractivity contribution in [2.24, 2.45) is 0 Å². The van der Waals surface area contributed by atoms with Crippen molar-refractivity contribution in [3.8, 4) is 0 Å². The van der Waals surface area contributed by atoms with Crippen molar-refractivity contribution >= 4 is 17.5 Å². The molecule has 0 aliphatic heterocycles. The van der Waals surface area contributed by atoms with Crippen LogP contribution in [-0.4, -0.2) is 11.9 Å². The van der Waals surface area contributed by atoms with Crippen LogP contribution in [0.5, 0.6) is 0 Å². The van der Waals surface area contributed by atoms with Gasteiger partial charge in [0.15, 0.2) is 0 Å². The maximum absolute atomic E-state index is 11.4. The molecule has 0 aromatic carbocycles. The zero-order valence-corrected chi connectivity index (χ0v) is 7.80. The molecule has 0 atom stereocenters. The van der Waals surface area contributed by atoms with Crippen molar-refractivity contribution in [3.63, 3.8) is 0 Å². The van der Waals surface area contributed by atoms with E-state index < -0.39 is 0 Å². The van der Waals surface area contributed by atoms with Crippen LogP contribution in [0.4, 0.5) is 0 Å². The number of amides is 1. The van der Waals surface area contributed by atoms with Gasteiger partial charge in [-0.25, -0.2) is 0 Å². The summed E-state index contributed by atoms with van der Waals surface area (Å²) < 4.78 is 4.95. The number of hydrogen-bond acceptors (Lipinski definition) is 2. The van der Waals surface area contributed by atoms with Gasteiger partial charge < -0.3 is 9.73 Å². The Kier molecular flexibility index (Phi) is 2.27. The Morgan fingerprint density at radius 1 is 1.62 bits per heavy atom. The Labute approximate surface area is 81.1 Å². The van der Waals surface area contributed by atoms with Crippen molar-refractivity contribution in [2.75, 3.05) is 0 Å². The van der Waals surface area contributed by atoms with Gasteiger partial charge >= 0.3 is 0 Å². The summed E-state index contributed by atoms with van der Waals surface area (Å²) >= 11 is 5.72. The number of furan rings is 1. The Balaban J connectivity index is 2.00. The predicted molar refractivity (Wildman–Crippen MR) is 48.8 cm³/mol. The largest absolute Gasteiger partial charge is 0.458 e. The highest BCUT2D eigenvalue weighted by molar-refractivity contribution is 6.33. The molecular formula is C9H10ClNO2. The topological polar surface area (TPSA) is 42.2 Å². The first kappa shape index (κ1) is 8.63. The van der Waals surface area contributed by atoms with Crippen LogP contribution < -0.4 is 5.32 Å². The van der Waals surface area contributed by atoms with Gasteiger partial charge in [-0.15, -0.1) is 0 Å². The molecule has 0 saturated heterocycles. The second kappa shape index (κ2) is 3.42. The van der Waals surface area contributed by atoms with E-state index in [-0.39, 0.29) is 11.7 Å². The zero-order valence-electron chi connectivity index (χ0n) is 7.05. The summed E-state index contributed by atoms with van der Waals surface area (Å²) in [5.41, 5.74) is 0. The van der Waals surface area contributed by atoms with Crippen LogP contribution in [-0.2, 0) is 0 Å². The normalized spacial score (nSPS) is 16.7. The second-order valence-electron chi connectivity index (χ2n) is 3.20. The van der Waals surface area contributed by atoms with E-state index in [1.54, 1.807) is 6.07 Å². The van der Waals surface area contributed by atoms with Crippen LogP contribution in [0.15, 0.2) is 16.7 Å². The molecule has 1 aromatic rings. The lowest BCUT2D eigenvalue weighted by Gasteiger charge is -2.25. The summed E-state index contributed by atoms with van der Waals surface area (Å²) in [4.78, 5) is 11.4. The highest BCUT2D eigenvalue weighted by atomic mass is 35.5. The van der Waals surface area contributed by atoms with Gasteiger partial charge in [0.25, 0.3) is 5.91 Å². The molecule has 1 amide bonds. The molecule has 1 N–H and O–H groups in total. The molecule has 0 bridgehead atoms. The highest BCUT2D eigenvalue weighted by Crippen LogP contribution is 2.21. The lowest BCUT2D eigenvalue weighted by molar-refractivity contribution is 0.0889. The number of hydrogen-bond donors (Lipinski definition) is 1. The summed E-state index contributed by atoms with van der Waals surface area (Å²) in [5, 5.41) is 3.21. The molecule has 1 saturated carbocycles. The first-order valence-electron chi connectivity index (χ1n) is 4.31. The molecule has 4 heteroatoms. The Morgan fingerprint density at radius 3 is 2.85 bits per heavy atom. The fraction of sp³-hybridized carbons (Fsp3) is 0.444. The first-order chi connectivity index (χ1) is 6.27. The first-order valence-corrected chi connectivity index (χ1v) is 4.69. The predicted octanol–water partition coefficient (Wildman–Crippen LogP) is 2.22. The minimum atomic E-state index is -0.209. The van der Waals surface area contributed by atoms with Gasteiger partial charge in [-0.2, -0.15) is 0 Å². The molecule has 0 unspecified atom stereocenters. The molecule has 70 valence electrons. The molecule has 1 aromatic heterocycles. The lowest BCUT2D eigenvalue weighted by atomic mass is 9.93. The van der Waals surface area contributed by atoms with Crippen LogP contribution in [0.3, 0.4) is 0 Å². The van der Waals surface area contributed by atoms with E-state index in [4.69, 9.17) is 16.0 Å². The number of carbonyl (C=O) groups excluding carboxylic acids is 1. The Hall–Kier alpha value is -0.960. The molecule has 1 aliphatic rings. The van der Waals surface area contributed by atoms with Crippen LogP contribution in [0.1, 0.15) is 29.8 Å². The lowest BCUT2D eigenvalue weighted by Crippen LogP contribution is -2.39. The van der Waals surface area contributed by atoms with Gasteiger partial charge in [0.2, 0.25) is 5.76 Å². The summed E-state index contributed by atoms with van der Waals surface area (Å²) in [6.07, 6.45) is 4.73. The molecule has 1 heterocycles. The Morgan fingerprint density at radius 2 is 2.38 bits per heavy atom. The van der Waals surface area contributed by atoms with E-state index in [1.807, 2.05) is 0 Å². The van der Waals surface area contributed by atoms with Gasteiger partial charge in [0.1, 0.15) is 0 Å². The van der Waals surface area contributed by atoms with Crippen LogP contribution in [0.2, 0.25) is 5.02 Å². The van der Waals surface area contributed by atoms with Crippen molar-refractivity contribution in [1.82, 2.24) is 5.32 Å². The number of halogens is 1. The molecule has 13 heavy (non-hydrogen) atoms. The molecule has 0 radical (unpaired) electrons. The van der Waals surface area contributed by atoms with Gasteiger partial charge in [0, 0.05) is 6.04 Å². The highest BCUT2D eigenvalue weighted by Gasteiger charge is 2.22. The van der Waals surface area contributed by atoms with Gasteiger partial charge in [-0.05, 0) is 25.3 Å². The summed E-state index contributed by atoms with van der Waals surface area (Å²) in [7, 11) is 0. The quantitative estimate of drug-likeness (QED) is 0.794. The van der Waals surface area contributed by atoms with Crippen LogP contribution >= 0.6 is 11.6 Å². The Bertz CT molecular complexity index is 317. The maximum Gasteiger partial charge on any atom is 0.288 e. The van der Waals surface area contributed by atoms with E-state index in [2.05, 4.69) is 5.32 Å². The molecule has 2 rings (SSSR count). The van der Waals surface area contributed by atoms with Crippen molar-refractivity contribution in [3.05, 3.63) is 23.1 Å². The zero-order chi connectivity index (χ0) is 9.26. The minimum Gasteiger partial charge on any atom is -0.458 e. The fourth-order valence-corrected chi connectivity index (χ4v) is 1.44. The van der Waals surface area contributed by atoms with E-state index in [0.29, 0.717) is 11.1 Å². The summed E-state index contributed by atoms with van der Waals surface area (Å²) in [6, 6.07) is 1.88. The molecule has 3 nitrogen and oxygen atoms in total. The standard InChI is InChI=1S/C9H10ClNO2/c10-7-4-5-13-8(7)9(12)11-6-2-1-3-6/h4-6H,1-3H2,(H,11,12). The van der Waals surface area contributed by atoms with E-state index >= 15 is 0 Å². The molecule has 1 aliphatic carbocycles. The third kappa shape index (κ3) is 1.70. The summed E-state index contributed by atoms with van der Waals surface area (Å²) in [5.74, 6) is 0.00765. The van der Waals surface area contributed by atoms with Gasteiger partial charge in [-0.3, -0.25) is 4.79 Å². The van der Waals surface area contributed by atoms with Gasteiger partial charge in [0.05, 0.1) is 11.3 Å². The monoisotopic (exact) mass is 199 g/mol. The molecular weight excluding hydrogens is 190 g/mol. The van der Waals surface area contributed by atoms with Crippen molar-refractivity contribution < 1.29 is 9.21 Å². The SMILES string of the molecule is O=C(NC1CCC1)c1occc1Cl. The second-order valence-corrected chi connectivity index (χ2v) is 3.61. The van der Waals surface area contributed by atoms with Gasteiger partial charge in [-0.1, -0.05) is 11.6 Å². The third-order valence-electron chi connectivity index (χ3n) is 2.26. The van der Waals surface area contributed by atoms with Crippen molar-refractivity contribution in [1.29, 1.82) is 0 Å². The number of carbonyl (C=O) groups is 1. The fourth-order valence-electron chi connectivity index (χ4n) is 1.26. The van der Waals surface area contributed by atoms with Crippen LogP contribution in [0, 0.1) is 0 Å². The smallest absolute Gasteiger partial charge is 0.288 e. The average molecular weight is 200 g/mol. The summed E-state index contributed by atoms with van der Waals surface area (Å²) in [6.45, 7) is 0. The molecule has 0 spiro atoms. The third-order valence-corrected chi connectivity index (χ3v) is 2.56. The number of rotatable bonds is 2.